The van der Waals surface area contributed by atoms with E-state index < -0.39 is 5.56 Å². The van der Waals surface area contributed by atoms with Crippen molar-refractivity contribution in [2.24, 2.45) is 4.99 Å². The lowest BCUT2D eigenvalue weighted by atomic mass is 10.2. The Morgan fingerprint density at radius 2 is 2.12 bits per heavy atom. The summed E-state index contributed by atoms with van der Waals surface area (Å²) >= 11 is 5.15. The summed E-state index contributed by atoms with van der Waals surface area (Å²) in [5.41, 5.74) is -0.00960. The van der Waals surface area contributed by atoms with Crippen LogP contribution in [0.15, 0.2) is 28.0 Å². The summed E-state index contributed by atoms with van der Waals surface area (Å²) in [5.74, 6) is 0.901. The standard InChI is InChI=1S/C17H21N3O4S/c1-5-10(2)20-16(22)12(15(21)19-17(20)25)9-18-13-8-11(23-3)6-7-14(13)24-4/h6-10,22H,5H2,1-4H3,(H,19,21,25)/t10-/m0/s1. The van der Waals surface area contributed by atoms with Gasteiger partial charge in [-0.25, -0.2) is 0 Å². The van der Waals surface area contributed by atoms with Crippen LogP contribution >= 0.6 is 12.2 Å². The summed E-state index contributed by atoms with van der Waals surface area (Å²) in [6, 6.07) is 5.06. The van der Waals surface area contributed by atoms with Crippen molar-refractivity contribution in [3.05, 3.63) is 38.9 Å². The van der Waals surface area contributed by atoms with Gasteiger partial charge in [-0.1, -0.05) is 6.92 Å². The molecule has 0 spiro atoms. The molecular formula is C17H21N3O4S. The summed E-state index contributed by atoms with van der Waals surface area (Å²) in [6.45, 7) is 3.87. The average molecular weight is 363 g/mol. The maximum absolute atomic E-state index is 12.2. The van der Waals surface area contributed by atoms with E-state index in [1.165, 1.54) is 17.9 Å². The number of nitrogens with one attached hydrogen (secondary N) is 1. The molecule has 0 fully saturated rings. The van der Waals surface area contributed by atoms with Crippen LogP contribution < -0.4 is 15.0 Å². The van der Waals surface area contributed by atoms with Gasteiger partial charge in [-0.05, 0) is 37.7 Å². The summed E-state index contributed by atoms with van der Waals surface area (Å²) in [6.07, 6.45) is 2.04. The number of methoxy groups -OCH3 is 2. The highest BCUT2D eigenvalue weighted by Gasteiger charge is 2.15. The second-order valence-electron chi connectivity index (χ2n) is 5.42. The Kier molecular flexibility index (Phi) is 5.97. The van der Waals surface area contributed by atoms with E-state index in [1.807, 2.05) is 13.8 Å². The number of aromatic nitrogens is 2. The number of H-pyrrole nitrogens is 1. The Labute approximate surface area is 150 Å². The molecule has 2 rings (SSSR count). The van der Waals surface area contributed by atoms with Gasteiger partial charge in [0.1, 0.15) is 22.7 Å². The number of aliphatic imine (C=N–C) groups is 1. The quantitative estimate of drug-likeness (QED) is 0.607. The minimum absolute atomic E-state index is 0.0266. The Morgan fingerprint density at radius 3 is 2.72 bits per heavy atom. The van der Waals surface area contributed by atoms with Gasteiger partial charge in [0, 0.05) is 18.3 Å². The fourth-order valence-corrected chi connectivity index (χ4v) is 2.65. The molecule has 8 heteroatoms. The molecule has 0 amide bonds. The number of nitrogens with zero attached hydrogens (tertiary/aromatic N) is 2. The molecule has 2 aromatic rings. The van der Waals surface area contributed by atoms with Gasteiger partial charge >= 0.3 is 0 Å². The van der Waals surface area contributed by atoms with Crippen molar-refractivity contribution in [2.75, 3.05) is 14.2 Å². The maximum atomic E-state index is 12.2. The molecule has 0 unspecified atom stereocenters. The molecule has 1 heterocycles. The first kappa shape index (κ1) is 18.7. The number of hydrogen-bond donors (Lipinski definition) is 2. The van der Waals surface area contributed by atoms with Gasteiger partial charge in [0.2, 0.25) is 5.88 Å². The van der Waals surface area contributed by atoms with Gasteiger partial charge in [0.15, 0.2) is 4.77 Å². The molecule has 1 aromatic carbocycles. The van der Waals surface area contributed by atoms with Crippen LogP contribution in [0.1, 0.15) is 31.9 Å². The molecule has 0 aliphatic carbocycles. The Bertz CT molecular complexity index is 902. The van der Waals surface area contributed by atoms with Crippen molar-refractivity contribution in [3.63, 3.8) is 0 Å². The van der Waals surface area contributed by atoms with Gasteiger partial charge in [-0.2, -0.15) is 0 Å². The van der Waals surface area contributed by atoms with Crippen LogP contribution in [-0.4, -0.2) is 35.1 Å². The average Bonchev–Trinajstić information content (AvgIpc) is 2.60. The molecule has 0 aliphatic heterocycles. The molecule has 25 heavy (non-hydrogen) atoms. The molecule has 1 atom stereocenters. The van der Waals surface area contributed by atoms with E-state index >= 15 is 0 Å². The van der Waals surface area contributed by atoms with Crippen molar-refractivity contribution < 1.29 is 14.6 Å². The first-order valence-corrected chi connectivity index (χ1v) is 8.17. The molecule has 0 bridgehead atoms. The van der Waals surface area contributed by atoms with Crippen molar-refractivity contribution in [1.82, 2.24) is 9.55 Å². The third-order valence-corrected chi connectivity index (χ3v) is 4.20. The van der Waals surface area contributed by atoms with E-state index in [0.717, 1.165) is 6.42 Å². The molecular weight excluding hydrogens is 342 g/mol. The van der Waals surface area contributed by atoms with Crippen LogP contribution in [0.4, 0.5) is 5.69 Å². The lowest BCUT2D eigenvalue weighted by Crippen LogP contribution is -2.20. The molecule has 0 saturated heterocycles. The zero-order chi connectivity index (χ0) is 18.6. The van der Waals surface area contributed by atoms with Gasteiger partial charge < -0.3 is 14.6 Å². The smallest absolute Gasteiger partial charge is 0.264 e. The second-order valence-corrected chi connectivity index (χ2v) is 5.81. The number of aromatic amines is 1. The normalized spacial score (nSPS) is 12.3. The van der Waals surface area contributed by atoms with E-state index in [0.29, 0.717) is 17.2 Å². The van der Waals surface area contributed by atoms with E-state index in [1.54, 1.807) is 25.3 Å². The molecule has 2 N–H and O–H groups in total. The van der Waals surface area contributed by atoms with Crippen LogP contribution in [0.2, 0.25) is 0 Å². The van der Waals surface area contributed by atoms with Crippen molar-refractivity contribution in [2.45, 2.75) is 26.3 Å². The zero-order valence-corrected chi connectivity index (χ0v) is 15.4. The predicted molar refractivity (Wildman–Crippen MR) is 99.4 cm³/mol. The van der Waals surface area contributed by atoms with Gasteiger partial charge in [0.25, 0.3) is 5.56 Å². The summed E-state index contributed by atoms with van der Waals surface area (Å²) in [7, 11) is 3.07. The zero-order valence-electron chi connectivity index (χ0n) is 14.6. The number of hydrogen-bond acceptors (Lipinski definition) is 6. The van der Waals surface area contributed by atoms with Crippen LogP contribution in [0.3, 0.4) is 0 Å². The minimum Gasteiger partial charge on any atom is -0.497 e. The minimum atomic E-state index is -0.507. The van der Waals surface area contributed by atoms with Crippen molar-refractivity contribution in [3.8, 4) is 17.4 Å². The Hall–Kier alpha value is -2.61. The largest absolute Gasteiger partial charge is 0.497 e. The fourth-order valence-electron chi connectivity index (χ4n) is 2.29. The predicted octanol–water partition coefficient (Wildman–Crippen LogP) is 3.35. The topological polar surface area (TPSA) is 88.8 Å². The Balaban J connectivity index is 2.56. The molecule has 0 radical (unpaired) electrons. The highest BCUT2D eigenvalue weighted by atomic mass is 32.1. The number of benzene rings is 1. The number of ether oxygens (including phenoxy) is 2. The Morgan fingerprint density at radius 1 is 1.40 bits per heavy atom. The molecule has 1 aromatic heterocycles. The second kappa shape index (κ2) is 7.98. The van der Waals surface area contributed by atoms with E-state index in [9.17, 15) is 9.90 Å². The van der Waals surface area contributed by atoms with Gasteiger partial charge in [-0.3, -0.25) is 19.3 Å². The lowest BCUT2D eigenvalue weighted by molar-refractivity contribution is 0.371. The van der Waals surface area contributed by atoms with Crippen LogP contribution in [0.5, 0.6) is 17.4 Å². The highest BCUT2D eigenvalue weighted by molar-refractivity contribution is 7.71. The number of aromatic hydroxyl groups is 1. The summed E-state index contributed by atoms with van der Waals surface area (Å²) in [5, 5.41) is 10.5. The molecule has 7 nitrogen and oxygen atoms in total. The van der Waals surface area contributed by atoms with Gasteiger partial charge in [0.05, 0.1) is 14.2 Å². The monoisotopic (exact) mass is 363 g/mol. The number of rotatable bonds is 6. The van der Waals surface area contributed by atoms with Crippen LogP contribution in [0.25, 0.3) is 0 Å². The molecule has 0 aliphatic rings. The van der Waals surface area contributed by atoms with Crippen LogP contribution in [-0.2, 0) is 0 Å². The highest BCUT2D eigenvalue weighted by Crippen LogP contribution is 2.31. The maximum Gasteiger partial charge on any atom is 0.264 e. The SMILES string of the molecule is CC[C@H](C)n1c(O)c(C=Nc2cc(OC)ccc2OC)c(=O)[nH]c1=S. The van der Waals surface area contributed by atoms with Crippen molar-refractivity contribution in [1.29, 1.82) is 0 Å². The third kappa shape index (κ3) is 3.90. The summed E-state index contributed by atoms with van der Waals surface area (Å²) < 4.78 is 12.1. The fraction of sp³-hybridized carbons (Fsp3) is 0.353. The van der Waals surface area contributed by atoms with Crippen LogP contribution in [0, 0.1) is 4.77 Å². The van der Waals surface area contributed by atoms with E-state index in [2.05, 4.69) is 9.98 Å². The molecule has 134 valence electrons. The van der Waals surface area contributed by atoms with Gasteiger partial charge in [-0.15, -0.1) is 0 Å². The lowest BCUT2D eigenvalue weighted by Gasteiger charge is -2.16. The summed E-state index contributed by atoms with van der Waals surface area (Å²) in [4.78, 5) is 19.0. The van der Waals surface area contributed by atoms with Crippen molar-refractivity contribution >= 4 is 24.1 Å². The van der Waals surface area contributed by atoms with E-state index in [4.69, 9.17) is 21.7 Å². The first-order chi connectivity index (χ1) is 11.9. The third-order valence-electron chi connectivity index (χ3n) is 3.90. The molecule has 0 saturated carbocycles. The van der Waals surface area contributed by atoms with E-state index in [-0.39, 0.29) is 22.3 Å². The first-order valence-electron chi connectivity index (χ1n) is 7.76.